The standard InChI is InChI=1S/C42H35N5/c1-26-16-18-37-32(20-26)34-24-35-33-21-27(2)17-19-38(33)47(31-13-9-11-29(23-31)45-25-43-36-14-6-7-15-39(36)45)41(35)44-40(34)46(37)30-12-8-10-28(22-30)42(3,4)5/h6-25H,1-5H3. The van der Waals surface area contributed by atoms with E-state index in [1.54, 1.807) is 0 Å². The molecule has 0 aliphatic rings. The number of hydrogen-bond acceptors (Lipinski definition) is 2. The molecule has 0 saturated carbocycles. The van der Waals surface area contributed by atoms with Crippen molar-refractivity contribution < 1.29 is 0 Å². The molecule has 4 heterocycles. The van der Waals surface area contributed by atoms with E-state index < -0.39 is 0 Å². The lowest BCUT2D eigenvalue weighted by Crippen LogP contribution is -2.11. The van der Waals surface area contributed by atoms with Gasteiger partial charge in [0.1, 0.15) is 17.6 Å². The third-order valence-corrected chi connectivity index (χ3v) is 9.56. The number of aryl methyl sites for hydroxylation is 2. The van der Waals surface area contributed by atoms with Crippen molar-refractivity contribution in [3.8, 4) is 17.1 Å². The number of nitrogens with zero attached hydrogens (tertiary/aromatic N) is 5. The van der Waals surface area contributed by atoms with Gasteiger partial charge < -0.3 is 0 Å². The fourth-order valence-corrected chi connectivity index (χ4v) is 7.16. The van der Waals surface area contributed by atoms with Crippen molar-refractivity contribution in [2.75, 3.05) is 0 Å². The minimum atomic E-state index is 0.0297. The van der Waals surface area contributed by atoms with Gasteiger partial charge in [0.05, 0.1) is 22.1 Å². The van der Waals surface area contributed by atoms with Crippen molar-refractivity contribution in [1.29, 1.82) is 0 Å². The highest BCUT2D eigenvalue weighted by molar-refractivity contribution is 6.17. The van der Waals surface area contributed by atoms with Crippen molar-refractivity contribution in [3.63, 3.8) is 0 Å². The highest BCUT2D eigenvalue weighted by Crippen LogP contribution is 2.39. The summed E-state index contributed by atoms with van der Waals surface area (Å²) in [5.74, 6) is 0. The molecule has 5 aromatic carbocycles. The van der Waals surface area contributed by atoms with E-state index in [4.69, 9.17) is 4.98 Å². The Morgan fingerprint density at radius 3 is 1.77 bits per heavy atom. The average Bonchev–Trinajstić information content (AvgIpc) is 3.73. The van der Waals surface area contributed by atoms with E-state index >= 15 is 0 Å². The summed E-state index contributed by atoms with van der Waals surface area (Å²) in [5, 5.41) is 4.74. The molecule has 0 radical (unpaired) electrons. The van der Waals surface area contributed by atoms with Crippen LogP contribution in [-0.2, 0) is 5.41 Å². The Labute approximate surface area is 273 Å². The average molecular weight is 610 g/mol. The zero-order chi connectivity index (χ0) is 32.0. The Morgan fingerprint density at radius 1 is 0.511 bits per heavy atom. The van der Waals surface area contributed by atoms with Crippen LogP contribution < -0.4 is 0 Å². The number of hydrogen-bond donors (Lipinski definition) is 0. The van der Waals surface area contributed by atoms with Crippen molar-refractivity contribution >= 4 is 54.9 Å². The highest BCUT2D eigenvalue weighted by atomic mass is 15.1. The molecule has 0 spiro atoms. The summed E-state index contributed by atoms with van der Waals surface area (Å²) >= 11 is 0. The molecule has 0 saturated heterocycles. The summed E-state index contributed by atoms with van der Waals surface area (Å²) in [6, 6.07) is 41.7. The van der Waals surface area contributed by atoms with Gasteiger partial charge in [-0.05, 0) is 97.6 Å². The minimum Gasteiger partial charge on any atom is -0.299 e. The van der Waals surface area contributed by atoms with Gasteiger partial charge in [-0.15, -0.1) is 0 Å². The molecule has 0 fully saturated rings. The Balaban J connectivity index is 1.37. The molecule has 0 N–H and O–H groups in total. The molecule has 0 aliphatic carbocycles. The van der Waals surface area contributed by atoms with Crippen LogP contribution >= 0.6 is 0 Å². The third kappa shape index (κ3) is 4.23. The summed E-state index contributed by atoms with van der Waals surface area (Å²) < 4.78 is 6.83. The molecule has 9 aromatic rings. The predicted octanol–water partition coefficient (Wildman–Crippen LogP) is 10.5. The Kier molecular flexibility index (Phi) is 5.82. The van der Waals surface area contributed by atoms with Gasteiger partial charge in [0.2, 0.25) is 0 Å². The zero-order valence-corrected chi connectivity index (χ0v) is 27.3. The maximum atomic E-state index is 5.61. The van der Waals surface area contributed by atoms with Gasteiger partial charge in [-0.3, -0.25) is 13.7 Å². The number of imidazole rings is 1. The van der Waals surface area contributed by atoms with Gasteiger partial charge in [-0.1, -0.05) is 74.4 Å². The van der Waals surface area contributed by atoms with Crippen LogP contribution in [0.4, 0.5) is 0 Å². The largest absolute Gasteiger partial charge is 0.299 e. The van der Waals surface area contributed by atoms with E-state index in [1.807, 2.05) is 12.4 Å². The van der Waals surface area contributed by atoms with Gasteiger partial charge in [0.15, 0.2) is 0 Å². The number of benzene rings is 5. The first-order valence-electron chi connectivity index (χ1n) is 16.2. The van der Waals surface area contributed by atoms with E-state index in [0.717, 1.165) is 61.2 Å². The maximum absolute atomic E-state index is 5.61. The van der Waals surface area contributed by atoms with Crippen molar-refractivity contribution in [3.05, 3.63) is 138 Å². The number of para-hydroxylation sites is 2. The van der Waals surface area contributed by atoms with E-state index in [2.05, 4.69) is 162 Å². The van der Waals surface area contributed by atoms with Gasteiger partial charge >= 0.3 is 0 Å². The summed E-state index contributed by atoms with van der Waals surface area (Å²) in [4.78, 5) is 10.3. The molecular formula is C42H35N5. The molecule has 0 amide bonds. The fourth-order valence-electron chi connectivity index (χ4n) is 7.16. The first-order valence-corrected chi connectivity index (χ1v) is 16.2. The van der Waals surface area contributed by atoms with Crippen molar-refractivity contribution in [1.82, 2.24) is 23.7 Å². The first-order chi connectivity index (χ1) is 22.7. The van der Waals surface area contributed by atoms with Crippen LogP contribution in [0.5, 0.6) is 0 Å². The van der Waals surface area contributed by atoms with Crippen LogP contribution in [0.15, 0.2) is 122 Å². The SMILES string of the molecule is Cc1ccc2c(c1)c1cc3c4cc(C)ccc4n(-c4cccc(C(C)(C)C)c4)c3nc1n2-c1cccc(-n2cnc3ccccc32)c1. The first kappa shape index (κ1) is 27.6. The smallest absolute Gasteiger partial charge is 0.148 e. The van der Waals surface area contributed by atoms with E-state index in [-0.39, 0.29) is 5.41 Å². The molecule has 0 aliphatic heterocycles. The van der Waals surface area contributed by atoms with Crippen LogP contribution in [0.3, 0.4) is 0 Å². The predicted molar refractivity (Wildman–Crippen MR) is 196 cm³/mol. The molecular weight excluding hydrogens is 574 g/mol. The summed E-state index contributed by atoms with van der Waals surface area (Å²) in [6.07, 6.45) is 1.91. The minimum absolute atomic E-state index is 0.0297. The van der Waals surface area contributed by atoms with Gasteiger partial charge in [0, 0.05) is 38.6 Å². The zero-order valence-electron chi connectivity index (χ0n) is 27.3. The summed E-state index contributed by atoms with van der Waals surface area (Å²) in [7, 11) is 0. The van der Waals surface area contributed by atoms with Crippen LogP contribution in [0, 0.1) is 13.8 Å². The molecule has 5 nitrogen and oxygen atoms in total. The molecule has 228 valence electrons. The van der Waals surface area contributed by atoms with Crippen LogP contribution in [0.25, 0.3) is 72.0 Å². The Hall–Kier alpha value is -5.68. The molecule has 9 rings (SSSR count). The Bertz CT molecular complexity index is 2690. The van der Waals surface area contributed by atoms with Crippen LogP contribution in [-0.4, -0.2) is 23.7 Å². The number of pyridine rings is 1. The third-order valence-electron chi connectivity index (χ3n) is 9.56. The second-order valence-corrected chi connectivity index (χ2v) is 13.9. The number of aromatic nitrogens is 5. The number of rotatable bonds is 3. The highest BCUT2D eigenvalue weighted by Gasteiger charge is 2.22. The molecule has 4 aromatic heterocycles. The molecule has 0 unspecified atom stereocenters. The molecule has 0 atom stereocenters. The molecule has 5 heteroatoms. The second-order valence-electron chi connectivity index (χ2n) is 13.9. The lowest BCUT2D eigenvalue weighted by atomic mass is 9.87. The lowest BCUT2D eigenvalue weighted by molar-refractivity contribution is 0.590. The molecule has 47 heavy (non-hydrogen) atoms. The quantitative estimate of drug-likeness (QED) is 0.200. The molecule has 0 bridgehead atoms. The topological polar surface area (TPSA) is 40.6 Å². The van der Waals surface area contributed by atoms with Gasteiger partial charge in [0.25, 0.3) is 0 Å². The van der Waals surface area contributed by atoms with Crippen LogP contribution in [0.2, 0.25) is 0 Å². The monoisotopic (exact) mass is 609 g/mol. The van der Waals surface area contributed by atoms with Crippen LogP contribution in [0.1, 0.15) is 37.5 Å². The summed E-state index contributed by atoms with van der Waals surface area (Å²) in [5.41, 5.74) is 13.3. The van der Waals surface area contributed by atoms with Crippen molar-refractivity contribution in [2.45, 2.75) is 40.0 Å². The summed E-state index contributed by atoms with van der Waals surface area (Å²) in [6.45, 7) is 11.1. The van der Waals surface area contributed by atoms with Gasteiger partial charge in [-0.2, -0.15) is 0 Å². The normalized spacial score (nSPS) is 12.4. The van der Waals surface area contributed by atoms with Crippen molar-refractivity contribution in [2.24, 2.45) is 0 Å². The number of fused-ring (bicyclic) bond motifs is 7. The second kappa shape index (κ2) is 9.91. The van der Waals surface area contributed by atoms with Gasteiger partial charge in [-0.25, -0.2) is 9.97 Å². The fraction of sp³-hybridized carbons (Fsp3) is 0.143. The van der Waals surface area contributed by atoms with E-state index in [1.165, 1.54) is 27.5 Å². The van der Waals surface area contributed by atoms with E-state index in [0.29, 0.717) is 0 Å². The maximum Gasteiger partial charge on any atom is 0.148 e. The lowest BCUT2D eigenvalue weighted by Gasteiger charge is -2.20. The van der Waals surface area contributed by atoms with E-state index in [9.17, 15) is 0 Å². The Morgan fingerprint density at radius 2 is 1.11 bits per heavy atom.